The third-order valence-corrected chi connectivity index (χ3v) is 6.27. The number of carbonyl (C=O) groups is 1. The first-order valence-corrected chi connectivity index (χ1v) is 11.0. The molecule has 0 radical (unpaired) electrons. The number of hydrogen-bond donors (Lipinski definition) is 2. The molecule has 0 bridgehead atoms. The Morgan fingerprint density at radius 3 is 2.79 bits per heavy atom. The minimum Gasteiger partial charge on any atom is -0.486 e. The van der Waals surface area contributed by atoms with Gasteiger partial charge in [-0.25, -0.2) is 8.78 Å². The van der Waals surface area contributed by atoms with Gasteiger partial charge < -0.3 is 20.4 Å². The van der Waals surface area contributed by atoms with Crippen LogP contribution in [0.4, 0.5) is 8.78 Å². The largest absolute Gasteiger partial charge is 0.486 e. The molecule has 174 valence electrons. The standard InChI is InChI=1S/C25H25F2N3O2.ClH/c26-17-5-8-23-20(10-17)16(12-29-23)2-1-9-30(13-15-3-4-15)18-11-21-22(27)7-6-19(25(28)31)24(21)32-14-18;/h5-8,10-12,15,29H,1-4,9,13-14H2,(H2,28,31);1H. The topological polar surface area (TPSA) is 71.4 Å². The smallest absolute Gasteiger partial charge is 0.252 e. The monoisotopic (exact) mass is 473 g/mol. The fraction of sp³-hybridized carbons (Fsp3) is 0.320. The average Bonchev–Trinajstić information content (AvgIpc) is 3.52. The molecular weight excluding hydrogens is 448 g/mol. The van der Waals surface area contributed by atoms with Crippen LogP contribution in [0.3, 0.4) is 0 Å². The van der Waals surface area contributed by atoms with Crippen molar-refractivity contribution in [3.05, 3.63) is 70.6 Å². The molecule has 0 unspecified atom stereocenters. The number of H-pyrrole nitrogens is 1. The molecule has 1 saturated carbocycles. The molecular formula is C25H26ClF2N3O2. The lowest BCUT2D eigenvalue weighted by Crippen LogP contribution is -2.31. The molecule has 1 fully saturated rings. The highest BCUT2D eigenvalue weighted by Gasteiger charge is 2.28. The minimum absolute atomic E-state index is 0. The Morgan fingerprint density at radius 1 is 1.21 bits per heavy atom. The maximum Gasteiger partial charge on any atom is 0.252 e. The van der Waals surface area contributed by atoms with E-state index in [0.29, 0.717) is 5.92 Å². The summed E-state index contributed by atoms with van der Waals surface area (Å²) in [6, 6.07) is 7.39. The van der Waals surface area contributed by atoms with E-state index in [0.717, 1.165) is 48.1 Å². The van der Waals surface area contributed by atoms with Crippen molar-refractivity contribution < 1.29 is 18.3 Å². The van der Waals surface area contributed by atoms with Crippen molar-refractivity contribution in [2.75, 3.05) is 19.7 Å². The zero-order chi connectivity index (χ0) is 22.2. The normalized spacial score (nSPS) is 14.8. The third kappa shape index (κ3) is 4.83. The highest BCUT2D eigenvalue weighted by atomic mass is 35.5. The Kier molecular flexibility index (Phi) is 6.61. The van der Waals surface area contributed by atoms with Gasteiger partial charge in [-0.3, -0.25) is 4.79 Å². The van der Waals surface area contributed by atoms with Gasteiger partial charge in [-0.05, 0) is 73.6 Å². The molecule has 5 rings (SSSR count). The van der Waals surface area contributed by atoms with Gasteiger partial charge in [0.15, 0.2) is 0 Å². The predicted molar refractivity (Wildman–Crippen MR) is 127 cm³/mol. The second-order valence-corrected chi connectivity index (χ2v) is 8.62. The molecule has 5 nitrogen and oxygen atoms in total. The van der Waals surface area contributed by atoms with Crippen LogP contribution in [0.1, 0.15) is 40.7 Å². The van der Waals surface area contributed by atoms with E-state index in [1.54, 1.807) is 18.2 Å². The molecule has 2 heterocycles. The first-order valence-electron chi connectivity index (χ1n) is 11.0. The van der Waals surface area contributed by atoms with Crippen LogP contribution in [0.25, 0.3) is 17.0 Å². The number of benzene rings is 2. The fourth-order valence-electron chi connectivity index (χ4n) is 4.38. The van der Waals surface area contributed by atoms with E-state index in [-0.39, 0.29) is 41.7 Å². The van der Waals surface area contributed by atoms with Crippen molar-refractivity contribution in [3.63, 3.8) is 0 Å². The molecule has 2 aliphatic rings. The van der Waals surface area contributed by atoms with E-state index < -0.39 is 11.7 Å². The number of nitrogens with zero attached hydrogens (tertiary/aromatic N) is 1. The van der Waals surface area contributed by atoms with Crippen LogP contribution in [-0.2, 0) is 6.42 Å². The number of hydrogen-bond acceptors (Lipinski definition) is 3. The van der Waals surface area contributed by atoms with Crippen molar-refractivity contribution in [2.45, 2.75) is 25.7 Å². The van der Waals surface area contributed by atoms with Crippen LogP contribution in [0.5, 0.6) is 5.75 Å². The van der Waals surface area contributed by atoms with Gasteiger partial charge in [0.2, 0.25) is 0 Å². The summed E-state index contributed by atoms with van der Waals surface area (Å²) in [5.41, 5.74) is 8.80. The van der Waals surface area contributed by atoms with E-state index in [4.69, 9.17) is 10.5 Å². The van der Waals surface area contributed by atoms with Crippen molar-refractivity contribution in [2.24, 2.45) is 11.7 Å². The molecule has 1 aliphatic heterocycles. The summed E-state index contributed by atoms with van der Waals surface area (Å²) in [7, 11) is 0. The highest BCUT2D eigenvalue weighted by Crippen LogP contribution is 2.36. The van der Waals surface area contributed by atoms with Gasteiger partial charge in [0.1, 0.15) is 24.0 Å². The summed E-state index contributed by atoms with van der Waals surface area (Å²) in [6.07, 6.45) is 7.78. The minimum atomic E-state index is -0.636. The maximum absolute atomic E-state index is 14.5. The van der Waals surface area contributed by atoms with Crippen LogP contribution in [0.15, 0.2) is 42.2 Å². The Bertz CT molecular complexity index is 1220. The quantitative estimate of drug-likeness (QED) is 0.481. The van der Waals surface area contributed by atoms with Gasteiger partial charge in [0.05, 0.1) is 16.8 Å². The van der Waals surface area contributed by atoms with Gasteiger partial charge in [0, 0.05) is 30.2 Å². The van der Waals surface area contributed by atoms with Crippen LogP contribution in [0, 0.1) is 17.6 Å². The second-order valence-electron chi connectivity index (χ2n) is 8.62. The summed E-state index contributed by atoms with van der Waals surface area (Å²) in [5.74, 6) is -0.457. The molecule has 0 saturated heterocycles. The SMILES string of the molecule is Cl.NC(=O)c1ccc(F)c2c1OCC(N(CCCc1c[nH]c3ccc(F)cc13)CC1CC1)=C2. The number of aromatic nitrogens is 1. The van der Waals surface area contributed by atoms with Crippen molar-refractivity contribution in [3.8, 4) is 5.75 Å². The number of primary amides is 1. The van der Waals surface area contributed by atoms with E-state index in [2.05, 4.69) is 9.88 Å². The van der Waals surface area contributed by atoms with E-state index in [1.165, 1.54) is 31.0 Å². The Balaban J connectivity index is 0.00000259. The summed E-state index contributed by atoms with van der Waals surface area (Å²) in [4.78, 5) is 17.1. The molecule has 3 aromatic rings. The summed E-state index contributed by atoms with van der Waals surface area (Å²) in [5, 5.41) is 0.911. The second kappa shape index (κ2) is 9.43. The maximum atomic E-state index is 14.5. The summed E-state index contributed by atoms with van der Waals surface area (Å²) < 4.78 is 34.0. The molecule has 8 heteroatoms. The predicted octanol–water partition coefficient (Wildman–Crippen LogP) is 5.04. The van der Waals surface area contributed by atoms with Crippen LogP contribution < -0.4 is 10.5 Å². The number of halogens is 3. The zero-order valence-electron chi connectivity index (χ0n) is 18.1. The number of nitrogens with one attached hydrogen (secondary N) is 1. The molecule has 3 N–H and O–H groups in total. The van der Waals surface area contributed by atoms with Gasteiger partial charge >= 0.3 is 0 Å². The van der Waals surface area contributed by atoms with Crippen molar-refractivity contribution in [1.82, 2.24) is 9.88 Å². The lowest BCUT2D eigenvalue weighted by atomic mass is 10.0. The highest BCUT2D eigenvalue weighted by molar-refractivity contribution is 5.97. The molecule has 1 aliphatic carbocycles. The lowest BCUT2D eigenvalue weighted by molar-refractivity contribution is 0.0996. The lowest BCUT2D eigenvalue weighted by Gasteiger charge is -2.31. The number of carbonyl (C=O) groups excluding carboxylic acids is 1. The average molecular weight is 474 g/mol. The molecule has 1 aromatic heterocycles. The summed E-state index contributed by atoms with van der Waals surface area (Å²) in [6.45, 7) is 1.94. The van der Waals surface area contributed by atoms with Gasteiger partial charge in [-0.15, -0.1) is 12.4 Å². The van der Waals surface area contributed by atoms with Crippen LogP contribution >= 0.6 is 12.4 Å². The molecule has 1 amide bonds. The number of nitrogens with two attached hydrogens (primary N) is 1. The van der Waals surface area contributed by atoms with Crippen LogP contribution in [0.2, 0.25) is 0 Å². The number of fused-ring (bicyclic) bond motifs is 2. The molecule has 0 spiro atoms. The first-order chi connectivity index (χ1) is 15.5. The number of amides is 1. The number of aryl methyl sites for hydroxylation is 1. The number of aromatic amines is 1. The van der Waals surface area contributed by atoms with E-state index in [1.807, 2.05) is 6.20 Å². The first kappa shape index (κ1) is 23.1. The summed E-state index contributed by atoms with van der Waals surface area (Å²) >= 11 is 0. The van der Waals surface area contributed by atoms with Gasteiger partial charge in [-0.1, -0.05) is 0 Å². The van der Waals surface area contributed by atoms with E-state index >= 15 is 0 Å². The van der Waals surface area contributed by atoms with Gasteiger partial charge in [0.25, 0.3) is 5.91 Å². The Morgan fingerprint density at radius 2 is 2.03 bits per heavy atom. The zero-order valence-corrected chi connectivity index (χ0v) is 18.9. The molecule has 33 heavy (non-hydrogen) atoms. The Hall–Kier alpha value is -3.06. The Labute approximate surface area is 197 Å². The third-order valence-electron chi connectivity index (χ3n) is 6.27. The molecule has 2 aromatic carbocycles. The van der Waals surface area contributed by atoms with E-state index in [9.17, 15) is 13.6 Å². The fourth-order valence-corrected chi connectivity index (χ4v) is 4.38. The van der Waals surface area contributed by atoms with Crippen LogP contribution in [-0.4, -0.2) is 35.5 Å². The number of ether oxygens (including phenoxy) is 1. The van der Waals surface area contributed by atoms with Crippen molar-refractivity contribution >= 4 is 35.3 Å². The molecule has 0 atom stereocenters. The van der Waals surface area contributed by atoms with Gasteiger partial charge in [-0.2, -0.15) is 0 Å². The van der Waals surface area contributed by atoms with Crippen molar-refractivity contribution in [1.29, 1.82) is 0 Å². The number of rotatable bonds is 8.